The Morgan fingerprint density at radius 2 is 2.21 bits per heavy atom. The second-order valence-corrected chi connectivity index (χ2v) is 2.72. The van der Waals surface area contributed by atoms with Crippen LogP contribution in [0, 0.1) is 6.57 Å². The third-order valence-electron chi connectivity index (χ3n) is 1.75. The fourth-order valence-corrected chi connectivity index (χ4v) is 1.14. The van der Waals surface area contributed by atoms with Gasteiger partial charge in [0.15, 0.2) is 5.69 Å². The van der Waals surface area contributed by atoms with E-state index in [1.807, 2.05) is 6.07 Å². The Morgan fingerprint density at radius 3 is 2.86 bits per heavy atom. The van der Waals surface area contributed by atoms with Crippen LogP contribution in [-0.2, 0) is 16.0 Å². The summed E-state index contributed by atoms with van der Waals surface area (Å²) < 4.78 is 4.80. The minimum atomic E-state index is -0.288. The minimum absolute atomic E-state index is 0.173. The first-order valence-electron chi connectivity index (χ1n) is 4.39. The zero-order chi connectivity index (χ0) is 10.4. The van der Waals surface area contributed by atoms with Gasteiger partial charge in [-0.05, 0) is 12.5 Å². The van der Waals surface area contributed by atoms with Gasteiger partial charge in [-0.15, -0.1) is 0 Å². The average molecular weight is 189 g/mol. The maximum Gasteiger partial charge on any atom is 0.308 e. The summed E-state index contributed by atoms with van der Waals surface area (Å²) in [6.07, 6.45) is 0.173. The topological polar surface area (TPSA) is 30.7 Å². The van der Waals surface area contributed by atoms with Gasteiger partial charge in [-0.1, -0.05) is 24.3 Å². The van der Waals surface area contributed by atoms with E-state index in [0.29, 0.717) is 12.3 Å². The van der Waals surface area contributed by atoms with Crippen molar-refractivity contribution >= 4 is 11.7 Å². The fraction of sp³-hybridized carbons (Fsp3) is 0.273. The van der Waals surface area contributed by atoms with Crippen LogP contribution in [-0.4, -0.2) is 12.6 Å². The molecule has 0 aliphatic rings. The molecule has 0 fully saturated rings. The first-order valence-corrected chi connectivity index (χ1v) is 4.39. The lowest BCUT2D eigenvalue weighted by Gasteiger charge is -2.03. The lowest BCUT2D eigenvalue weighted by molar-refractivity contribution is -0.142. The van der Waals surface area contributed by atoms with E-state index in [1.54, 1.807) is 25.1 Å². The predicted molar refractivity (Wildman–Crippen MR) is 53.0 cm³/mol. The Balaban J connectivity index is 2.77. The summed E-state index contributed by atoms with van der Waals surface area (Å²) in [7, 11) is 0. The molecule has 0 bridgehead atoms. The Bertz CT molecular complexity index is 366. The number of hydrogen-bond donors (Lipinski definition) is 0. The van der Waals surface area contributed by atoms with Crippen molar-refractivity contribution in [3.8, 4) is 0 Å². The van der Waals surface area contributed by atoms with Crippen LogP contribution in [0.4, 0.5) is 5.69 Å². The van der Waals surface area contributed by atoms with Crippen molar-refractivity contribution in [1.29, 1.82) is 0 Å². The van der Waals surface area contributed by atoms with Crippen LogP contribution in [0.1, 0.15) is 12.5 Å². The summed E-state index contributed by atoms with van der Waals surface area (Å²) >= 11 is 0. The van der Waals surface area contributed by atoms with Gasteiger partial charge in [0.2, 0.25) is 0 Å². The number of hydrogen-bond acceptors (Lipinski definition) is 2. The normalized spacial score (nSPS) is 9.14. The zero-order valence-corrected chi connectivity index (χ0v) is 7.99. The maximum atomic E-state index is 11.2. The lowest BCUT2D eigenvalue weighted by atomic mass is 10.1. The van der Waals surface area contributed by atoms with Crippen LogP contribution in [0.5, 0.6) is 0 Å². The van der Waals surface area contributed by atoms with Crippen LogP contribution in [0.25, 0.3) is 4.85 Å². The van der Waals surface area contributed by atoms with Crippen molar-refractivity contribution in [2.24, 2.45) is 0 Å². The highest BCUT2D eigenvalue weighted by Gasteiger charge is 2.07. The number of benzene rings is 1. The number of ether oxygens (including phenoxy) is 1. The molecule has 72 valence electrons. The van der Waals surface area contributed by atoms with Gasteiger partial charge in [0.05, 0.1) is 19.6 Å². The molecule has 0 radical (unpaired) electrons. The van der Waals surface area contributed by atoms with Crippen molar-refractivity contribution in [2.45, 2.75) is 13.3 Å². The van der Waals surface area contributed by atoms with Gasteiger partial charge in [0, 0.05) is 0 Å². The summed E-state index contributed by atoms with van der Waals surface area (Å²) in [5.74, 6) is -0.288. The van der Waals surface area contributed by atoms with Crippen LogP contribution in [0.3, 0.4) is 0 Å². The van der Waals surface area contributed by atoms with E-state index in [-0.39, 0.29) is 12.4 Å². The molecule has 0 N–H and O–H groups in total. The largest absolute Gasteiger partial charge is 0.466 e. The monoisotopic (exact) mass is 189 g/mol. The molecule has 1 rings (SSSR count). The highest BCUT2D eigenvalue weighted by atomic mass is 16.5. The van der Waals surface area contributed by atoms with Crippen molar-refractivity contribution < 1.29 is 9.53 Å². The molecule has 0 saturated carbocycles. The van der Waals surface area contributed by atoms with Gasteiger partial charge in [-0.2, -0.15) is 0 Å². The Morgan fingerprint density at radius 1 is 1.50 bits per heavy atom. The Labute approximate surface area is 83.1 Å². The number of para-hydroxylation sites is 1. The molecule has 1 aromatic carbocycles. The molecule has 0 aliphatic heterocycles. The number of carbonyl (C=O) groups is 1. The van der Waals surface area contributed by atoms with Gasteiger partial charge in [-0.3, -0.25) is 4.79 Å². The van der Waals surface area contributed by atoms with E-state index < -0.39 is 0 Å². The van der Waals surface area contributed by atoms with Gasteiger partial charge in [-0.25, -0.2) is 4.85 Å². The molecule has 0 aromatic heterocycles. The summed E-state index contributed by atoms with van der Waals surface area (Å²) in [5.41, 5.74) is 1.24. The average Bonchev–Trinajstić information content (AvgIpc) is 2.19. The van der Waals surface area contributed by atoms with Crippen LogP contribution < -0.4 is 0 Å². The molecule has 3 nitrogen and oxygen atoms in total. The Kier molecular flexibility index (Phi) is 3.69. The number of esters is 1. The SMILES string of the molecule is [C-]#[N+]c1ccccc1CC(=O)OCC. The molecule has 0 amide bonds. The van der Waals surface area contributed by atoms with Crippen molar-refractivity contribution in [1.82, 2.24) is 0 Å². The van der Waals surface area contributed by atoms with Gasteiger partial charge in [0.25, 0.3) is 0 Å². The molecule has 0 atom stereocenters. The molecule has 0 heterocycles. The maximum absolute atomic E-state index is 11.2. The van der Waals surface area contributed by atoms with Crippen molar-refractivity contribution in [3.63, 3.8) is 0 Å². The fourth-order valence-electron chi connectivity index (χ4n) is 1.14. The molecule has 1 aromatic rings. The number of nitrogens with zero attached hydrogens (tertiary/aromatic N) is 1. The summed E-state index contributed by atoms with van der Waals surface area (Å²) in [4.78, 5) is 14.5. The van der Waals surface area contributed by atoms with Crippen molar-refractivity contribution in [2.75, 3.05) is 6.61 Å². The number of rotatable bonds is 3. The van der Waals surface area contributed by atoms with Crippen LogP contribution in [0.15, 0.2) is 24.3 Å². The zero-order valence-electron chi connectivity index (χ0n) is 7.99. The quantitative estimate of drug-likeness (QED) is 0.539. The van der Waals surface area contributed by atoms with E-state index in [1.165, 1.54) is 0 Å². The molecular formula is C11H11NO2. The molecule has 3 heteroatoms. The number of carbonyl (C=O) groups excluding carboxylic acids is 1. The van der Waals surface area contributed by atoms with Crippen LogP contribution in [0.2, 0.25) is 0 Å². The van der Waals surface area contributed by atoms with Gasteiger partial charge in [0.1, 0.15) is 0 Å². The first kappa shape index (κ1) is 10.3. The summed E-state index contributed by atoms with van der Waals surface area (Å²) in [6, 6.07) is 7.05. The molecule has 0 saturated heterocycles. The summed E-state index contributed by atoms with van der Waals surface area (Å²) in [5, 5.41) is 0. The highest BCUT2D eigenvalue weighted by molar-refractivity contribution is 5.75. The second-order valence-electron chi connectivity index (χ2n) is 2.72. The van der Waals surface area contributed by atoms with Gasteiger partial charge >= 0.3 is 5.97 Å². The molecule has 14 heavy (non-hydrogen) atoms. The minimum Gasteiger partial charge on any atom is -0.466 e. The third kappa shape index (κ3) is 2.60. The van der Waals surface area contributed by atoms with Gasteiger partial charge < -0.3 is 4.74 Å². The molecular weight excluding hydrogens is 178 g/mol. The summed E-state index contributed by atoms with van der Waals surface area (Å²) in [6.45, 7) is 9.04. The molecule has 0 aliphatic carbocycles. The van der Waals surface area contributed by atoms with E-state index in [2.05, 4.69) is 4.85 Å². The van der Waals surface area contributed by atoms with Crippen LogP contribution >= 0.6 is 0 Å². The first-order chi connectivity index (χ1) is 6.77. The van der Waals surface area contributed by atoms with Crippen molar-refractivity contribution in [3.05, 3.63) is 41.2 Å². The predicted octanol–water partition coefficient (Wildman–Crippen LogP) is 2.34. The lowest BCUT2D eigenvalue weighted by Crippen LogP contribution is -2.07. The third-order valence-corrected chi connectivity index (χ3v) is 1.75. The second kappa shape index (κ2) is 5.03. The molecule has 0 unspecified atom stereocenters. The molecule has 0 spiro atoms. The van der Waals surface area contributed by atoms with E-state index in [4.69, 9.17) is 11.3 Å². The highest BCUT2D eigenvalue weighted by Crippen LogP contribution is 2.18. The van der Waals surface area contributed by atoms with E-state index >= 15 is 0 Å². The van der Waals surface area contributed by atoms with E-state index in [0.717, 1.165) is 5.56 Å². The smallest absolute Gasteiger partial charge is 0.308 e. The Hall–Kier alpha value is -1.82. The standard InChI is InChI=1S/C11H11NO2/c1-3-14-11(13)8-9-6-4-5-7-10(9)12-2/h4-7H,3,8H2,1H3. The van der Waals surface area contributed by atoms with E-state index in [9.17, 15) is 4.79 Å².